The molecule has 0 fully saturated rings. The quantitative estimate of drug-likeness (QED) is 0.460. The summed E-state index contributed by atoms with van der Waals surface area (Å²) in [7, 11) is 0. The maximum absolute atomic E-state index is 11.5. The molecule has 0 unspecified atom stereocenters. The molecule has 14 heavy (non-hydrogen) atoms. The van der Waals surface area contributed by atoms with E-state index in [9.17, 15) is 4.79 Å². The van der Waals surface area contributed by atoms with Crippen LogP contribution in [-0.4, -0.2) is 11.1 Å². The highest BCUT2D eigenvalue weighted by atomic mass is 127. The van der Waals surface area contributed by atoms with Crippen molar-refractivity contribution >= 4 is 44.3 Å². The normalized spacial score (nSPS) is 9.57. The van der Waals surface area contributed by atoms with Gasteiger partial charge >= 0.3 is 0 Å². The molecule has 0 aliphatic heterocycles. The summed E-state index contributed by atoms with van der Waals surface area (Å²) in [6.45, 7) is 1.88. The largest absolute Gasteiger partial charge is 0.293 e. The molecule has 0 heterocycles. The predicted octanol–water partition coefficient (Wildman–Crippen LogP) is 3.05. The number of alkyl halides is 1. The van der Waals surface area contributed by atoms with Gasteiger partial charge in [0.15, 0.2) is 5.78 Å². The monoisotopic (exact) mass is 363 g/mol. The summed E-state index contributed by atoms with van der Waals surface area (Å²) in [6.07, 6.45) is 0. The number of carbonyl (C=O) groups excluding carboxylic acids is 1. The minimum Gasteiger partial charge on any atom is -0.293 e. The molecule has 4 heteroatoms. The lowest BCUT2D eigenvalue weighted by atomic mass is 10.0. The highest BCUT2D eigenvalue weighted by molar-refractivity contribution is 14.1. The molecule has 0 saturated heterocycles. The Bertz CT molecular complexity index is 423. The summed E-state index contributed by atoms with van der Waals surface area (Å²) >= 11 is 5.15. The fraction of sp³-hybridized carbons (Fsp3) is 0.200. The van der Waals surface area contributed by atoms with E-state index in [0.717, 1.165) is 9.13 Å². The Labute approximate surface area is 105 Å². The number of hydrogen-bond donors (Lipinski definition) is 0. The second-order valence-corrected chi connectivity index (χ2v) is 4.48. The van der Waals surface area contributed by atoms with Crippen LogP contribution < -0.4 is 0 Å². The van der Waals surface area contributed by atoms with Crippen molar-refractivity contribution in [3.05, 3.63) is 32.4 Å². The first-order chi connectivity index (χ1) is 6.60. The fourth-order valence-electron chi connectivity index (χ4n) is 1.13. The maximum atomic E-state index is 11.5. The molecule has 0 radical (unpaired) electrons. The zero-order valence-corrected chi connectivity index (χ0v) is 11.2. The summed E-state index contributed by atoms with van der Waals surface area (Å²) in [4.78, 5) is 11.5. The molecule has 0 aliphatic rings. The average Bonchev–Trinajstić information content (AvgIpc) is 2.19. The first-order valence-electron chi connectivity index (χ1n) is 3.89. The van der Waals surface area contributed by atoms with Crippen LogP contribution in [0.15, 0.2) is 12.1 Å². The van der Waals surface area contributed by atoms with Crippen molar-refractivity contribution < 1.29 is 4.79 Å². The van der Waals surface area contributed by atoms with Gasteiger partial charge in [-0.25, -0.2) is 0 Å². The lowest BCUT2D eigenvalue weighted by Gasteiger charge is -2.04. The number of rotatable bonds is 2. The van der Waals surface area contributed by atoms with E-state index in [-0.39, 0.29) is 11.1 Å². The Morgan fingerprint density at radius 2 is 2.29 bits per heavy atom. The Hall–Kier alpha value is -0.410. The zero-order chi connectivity index (χ0) is 10.7. The third-order valence-corrected chi connectivity index (χ3v) is 3.43. The summed E-state index contributed by atoms with van der Waals surface area (Å²) in [5.41, 5.74) is 2.13. The van der Waals surface area contributed by atoms with E-state index >= 15 is 0 Å². The first-order valence-corrected chi connectivity index (χ1v) is 6.09. The molecule has 0 atom stereocenters. The van der Waals surface area contributed by atoms with Crippen molar-refractivity contribution in [2.75, 3.05) is 5.33 Å². The molecule has 0 aliphatic carbocycles. The van der Waals surface area contributed by atoms with Crippen molar-refractivity contribution in [2.45, 2.75) is 6.92 Å². The van der Waals surface area contributed by atoms with E-state index in [1.54, 1.807) is 6.07 Å². The third-order valence-electron chi connectivity index (χ3n) is 1.76. The second-order valence-electron chi connectivity index (χ2n) is 2.84. The number of benzene rings is 1. The lowest BCUT2D eigenvalue weighted by molar-refractivity contribution is 0.102. The summed E-state index contributed by atoms with van der Waals surface area (Å²) in [6, 6.07) is 5.68. The van der Waals surface area contributed by atoms with Gasteiger partial charge in [-0.1, -0.05) is 15.9 Å². The Morgan fingerprint density at radius 1 is 1.64 bits per heavy atom. The van der Waals surface area contributed by atoms with Crippen LogP contribution in [0.5, 0.6) is 0 Å². The van der Waals surface area contributed by atoms with Crippen molar-refractivity contribution in [1.29, 1.82) is 5.26 Å². The van der Waals surface area contributed by atoms with Gasteiger partial charge in [-0.15, -0.1) is 0 Å². The number of nitrogens with zero attached hydrogens (tertiary/aromatic N) is 1. The SMILES string of the molecule is Cc1cc(C#N)c(I)c(C(=O)CBr)c1. The van der Waals surface area contributed by atoms with Crippen molar-refractivity contribution in [2.24, 2.45) is 0 Å². The van der Waals surface area contributed by atoms with Crippen LogP contribution in [0, 0.1) is 21.8 Å². The maximum Gasteiger partial charge on any atom is 0.174 e. The molecule has 1 aromatic rings. The number of Topliss-reactive ketones (excluding diaryl/α,β-unsaturated/α-hetero) is 1. The van der Waals surface area contributed by atoms with Crippen LogP contribution in [-0.2, 0) is 0 Å². The molecule has 72 valence electrons. The topological polar surface area (TPSA) is 40.9 Å². The van der Waals surface area contributed by atoms with Crippen LogP contribution in [0.2, 0.25) is 0 Å². The van der Waals surface area contributed by atoms with Crippen LogP contribution >= 0.6 is 38.5 Å². The summed E-state index contributed by atoms with van der Waals surface area (Å²) < 4.78 is 0.736. The minimum atomic E-state index is 0.00889. The van der Waals surface area contributed by atoms with Crippen molar-refractivity contribution in [1.82, 2.24) is 0 Å². The van der Waals surface area contributed by atoms with E-state index in [1.165, 1.54) is 0 Å². The van der Waals surface area contributed by atoms with Gasteiger partial charge < -0.3 is 0 Å². The fourth-order valence-corrected chi connectivity index (χ4v) is 2.16. The predicted molar refractivity (Wildman–Crippen MR) is 66.7 cm³/mol. The van der Waals surface area contributed by atoms with Crippen LogP contribution in [0.1, 0.15) is 21.5 Å². The summed E-state index contributed by atoms with van der Waals surface area (Å²) in [5.74, 6) is 0.00889. The highest BCUT2D eigenvalue weighted by Crippen LogP contribution is 2.20. The molecule has 1 rings (SSSR count). The number of halogens is 2. The number of hydrogen-bond acceptors (Lipinski definition) is 2. The second kappa shape index (κ2) is 4.89. The van der Waals surface area contributed by atoms with Gasteiger partial charge in [0.1, 0.15) is 6.07 Å². The van der Waals surface area contributed by atoms with Gasteiger partial charge in [0.25, 0.3) is 0 Å². The summed E-state index contributed by atoms with van der Waals surface area (Å²) in [5, 5.41) is 9.13. The Morgan fingerprint density at radius 3 is 2.79 bits per heavy atom. The van der Waals surface area contributed by atoms with E-state index in [1.807, 2.05) is 35.6 Å². The smallest absolute Gasteiger partial charge is 0.174 e. The molecule has 0 saturated carbocycles. The molecule has 0 amide bonds. The lowest BCUT2D eigenvalue weighted by Crippen LogP contribution is -2.05. The molecule has 1 aromatic carbocycles. The number of nitriles is 1. The third kappa shape index (κ3) is 2.34. The van der Waals surface area contributed by atoms with Crippen molar-refractivity contribution in [3.8, 4) is 6.07 Å². The van der Waals surface area contributed by atoms with Crippen LogP contribution in [0.25, 0.3) is 0 Å². The van der Waals surface area contributed by atoms with E-state index in [4.69, 9.17) is 5.26 Å². The van der Waals surface area contributed by atoms with E-state index < -0.39 is 0 Å². The Balaban J connectivity index is 3.38. The molecule has 0 aromatic heterocycles. The molecule has 0 bridgehead atoms. The molecule has 2 nitrogen and oxygen atoms in total. The van der Waals surface area contributed by atoms with Gasteiger partial charge in [-0.3, -0.25) is 4.79 Å². The van der Waals surface area contributed by atoms with E-state index in [0.29, 0.717) is 11.1 Å². The number of ketones is 1. The zero-order valence-electron chi connectivity index (χ0n) is 7.47. The minimum absolute atomic E-state index is 0.00889. The van der Waals surface area contributed by atoms with Gasteiger partial charge in [0.2, 0.25) is 0 Å². The van der Waals surface area contributed by atoms with Gasteiger partial charge in [-0.05, 0) is 47.2 Å². The van der Waals surface area contributed by atoms with E-state index in [2.05, 4.69) is 22.0 Å². The van der Waals surface area contributed by atoms with Crippen molar-refractivity contribution in [3.63, 3.8) is 0 Å². The average molecular weight is 364 g/mol. The molecular weight excluding hydrogens is 357 g/mol. The van der Waals surface area contributed by atoms with Gasteiger partial charge in [0.05, 0.1) is 10.9 Å². The first kappa shape index (κ1) is 11.7. The molecular formula is C10H7BrINO. The standard InChI is InChI=1S/C10H7BrINO/c1-6-2-7(5-13)10(12)8(3-6)9(14)4-11/h2-3H,4H2,1H3. The molecule has 0 N–H and O–H groups in total. The van der Waals surface area contributed by atoms with Gasteiger partial charge in [0, 0.05) is 9.13 Å². The number of carbonyl (C=O) groups is 1. The Kier molecular flexibility index (Phi) is 4.08. The van der Waals surface area contributed by atoms with Crippen LogP contribution in [0.4, 0.5) is 0 Å². The molecule has 0 spiro atoms. The van der Waals surface area contributed by atoms with Gasteiger partial charge in [-0.2, -0.15) is 5.26 Å². The van der Waals surface area contributed by atoms with Crippen LogP contribution in [0.3, 0.4) is 0 Å². The number of aryl methyl sites for hydroxylation is 1. The highest BCUT2D eigenvalue weighted by Gasteiger charge is 2.12.